The van der Waals surface area contributed by atoms with Crippen LogP contribution < -0.4 is 0 Å². The molecule has 0 N–H and O–H groups in total. The number of rotatable bonds is 7. The van der Waals surface area contributed by atoms with Crippen LogP contribution in [0.15, 0.2) is 11.3 Å². The van der Waals surface area contributed by atoms with Gasteiger partial charge in [0.1, 0.15) is 0 Å². The molecule has 1 heterocycles. The molecular formula is C24H56N2O. The molecule has 0 aromatic rings. The summed E-state index contributed by atoms with van der Waals surface area (Å²) >= 11 is 0. The van der Waals surface area contributed by atoms with Crippen LogP contribution in [0.4, 0.5) is 0 Å². The van der Waals surface area contributed by atoms with Gasteiger partial charge in [-0.3, -0.25) is 4.90 Å². The predicted octanol–water partition coefficient (Wildman–Crippen LogP) is 7.23. The Morgan fingerprint density at radius 2 is 1.11 bits per heavy atom. The third-order valence-corrected chi connectivity index (χ3v) is 3.59. The molecule has 0 bridgehead atoms. The van der Waals surface area contributed by atoms with Gasteiger partial charge in [0.25, 0.3) is 0 Å². The van der Waals surface area contributed by atoms with Crippen LogP contribution in [0.2, 0.25) is 0 Å². The first-order valence-corrected chi connectivity index (χ1v) is 11.8. The van der Waals surface area contributed by atoms with Gasteiger partial charge in [-0.25, -0.2) is 0 Å². The van der Waals surface area contributed by atoms with Crippen LogP contribution in [-0.2, 0) is 4.74 Å². The SMILES string of the molecule is CC.CC.CC.CCC.CCCOC(C)=C(C)CN1CCN(CCC)CC1. The van der Waals surface area contributed by atoms with Crippen LogP contribution in [-0.4, -0.2) is 55.7 Å². The highest BCUT2D eigenvalue weighted by Gasteiger charge is 2.16. The lowest BCUT2D eigenvalue weighted by atomic mass is 10.2. The summed E-state index contributed by atoms with van der Waals surface area (Å²) in [7, 11) is 0. The second-order valence-corrected chi connectivity index (χ2v) is 6.01. The van der Waals surface area contributed by atoms with Gasteiger partial charge in [-0.1, -0.05) is 75.7 Å². The maximum absolute atomic E-state index is 5.70. The van der Waals surface area contributed by atoms with E-state index in [1.54, 1.807) is 0 Å². The Labute approximate surface area is 174 Å². The highest BCUT2D eigenvalue weighted by atomic mass is 16.5. The summed E-state index contributed by atoms with van der Waals surface area (Å²) in [6.45, 7) is 32.9. The van der Waals surface area contributed by atoms with Gasteiger partial charge < -0.3 is 9.64 Å². The second-order valence-electron chi connectivity index (χ2n) is 6.01. The number of nitrogens with zero attached hydrogens (tertiary/aromatic N) is 2. The first-order chi connectivity index (χ1) is 13.1. The van der Waals surface area contributed by atoms with Crippen LogP contribution in [0.1, 0.15) is 102 Å². The number of hydrogen-bond donors (Lipinski definition) is 0. The zero-order valence-corrected chi connectivity index (χ0v) is 21.4. The van der Waals surface area contributed by atoms with Crippen molar-refractivity contribution >= 4 is 0 Å². The molecular weight excluding hydrogens is 332 g/mol. The molecule has 0 radical (unpaired) electrons. The summed E-state index contributed by atoms with van der Waals surface area (Å²) < 4.78 is 5.70. The predicted molar refractivity (Wildman–Crippen MR) is 128 cm³/mol. The van der Waals surface area contributed by atoms with E-state index in [4.69, 9.17) is 4.74 Å². The molecule has 168 valence electrons. The monoisotopic (exact) mass is 388 g/mol. The molecule has 0 atom stereocenters. The minimum atomic E-state index is 0.841. The molecule has 27 heavy (non-hydrogen) atoms. The van der Waals surface area contributed by atoms with Crippen molar-refractivity contribution < 1.29 is 4.74 Å². The molecule has 3 heteroatoms. The lowest BCUT2D eigenvalue weighted by molar-refractivity contribution is 0.137. The van der Waals surface area contributed by atoms with Crippen molar-refractivity contribution in [1.29, 1.82) is 0 Å². The Bertz CT molecular complexity index is 270. The Kier molecular flexibility index (Phi) is 38.0. The second kappa shape index (κ2) is 30.2. The van der Waals surface area contributed by atoms with Crippen molar-refractivity contribution in [2.24, 2.45) is 0 Å². The molecule has 0 aliphatic carbocycles. The Morgan fingerprint density at radius 3 is 1.48 bits per heavy atom. The fourth-order valence-electron chi connectivity index (χ4n) is 2.31. The van der Waals surface area contributed by atoms with Crippen molar-refractivity contribution in [3.05, 3.63) is 11.3 Å². The minimum Gasteiger partial charge on any atom is -0.498 e. The van der Waals surface area contributed by atoms with E-state index < -0.39 is 0 Å². The quantitative estimate of drug-likeness (QED) is 0.428. The fourth-order valence-corrected chi connectivity index (χ4v) is 2.31. The topological polar surface area (TPSA) is 15.7 Å². The van der Waals surface area contributed by atoms with Gasteiger partial charge in [0.05, 0.1) is 12.4 Å². The molecule has 1 aliphatic rings. The molecule has 0 unspecified atom stereocenters. The highest BCUT2D eigenvalue weighted by Crippen LogP contribution is 2.10. The molecule has 0 spiro atoms. The molecule has 3 nitrogen and oxygen atoms in total. The maximum Gasteiger partial charge on any atom is 0.0930 e. The van der Waals surface area contributed by atoms with Crippen molar-refractivity contribution in [2.45, 2.75) is 102 Å². The Hall–Kier alpha value is -0.540. The molecule has 1 aliphatic heterocycles. The van der Waals surface area contributed by atoms with Crippen LogP contribution in [0.5, 0.6) is 0 Å². The smallest absolute Gasteiger partial charge is 0.0930 e. The van der Waals surface area contributed by atoms with Gasteiger partial charge in [-0.15, -0.1) is 0 Å². The maximum atomic E-state index is 5.70. The third kappa shape index (κ3) is 23.4. The first kappa shape index (κ1) is 34.0. The normalized spacial score (nSPS) is 14.5. The Balaban J connectivity index is -0.000000253. The van der Waals surface area contributed by atoms with Gasteiger partial charge in [-0.05, 0) is 38.8 Å². The molecule has 0 amide bonds. The van der Waals surface area contributed by atoms with E-state index in [0.717, 1.165) is 25.3 Å². The molecule has 1 rings (SSSR count). The van der Waals surface area contributed by atoms with Crippen LogP contribution in [0.3, 0.4) is 0 Å². The zero-order valence-electron chi connectivity index (χ0n) is 21.4. The van der Waals surface area contributed by atoms with Crippen molar-refractivity contribution in [3.63, 3.8) is 0 Å². The number of allylic oxidation sites excluding steroid dienone is 1. The third-order valence-electron chi connectivity index (χ3n) is 3.59. The Morgan fingerprint density at radius 1 is 0.704 bits per heavy atom. The van der Waals surface area contributed by atoms with Gasteiger partial charge in [0, 0.05) is 32.7 Å². The average molecular weight is 389 g/mol. The number of piperazine rings is 1. The largest absolute Gasteiger partial charge is 0.498 e. The highest BCUT2D eigenvalue weighted by molar-refractivity contribution is 5.06. The van der Waals surface area contributed by atoms with Crippen LogP contribution >= 0.6 is 0 Å². The standard InChI is InChI=1S/C15H30N2O.C3H8.3C2H6/c1-5-7-16-8-10-17(11-9-16)13-14(3)15(4)18-12-6-2;1-3-2;3*1-2/h5-13H2,1-4H3;3H2,1-2H3;3*1-2H3. The molecule has 1 fully saturated rings. The van der Waals surface area contributed by atoms with Gasteiger partial charge in [0.2, 0.25) is 0 Å². The van der Waals surface area contributed by atoms with E-state index >= 15 is 0 Å². The fraction of sp³-hybridized carbons (Fsp3) is 0.917. The molecule has 0 aromatic carbocycles. The summed E-state index contributed by atoms with van der Waals surface area (Å²) in [6.07, 6.45) is 3.60. The van der Waals surface area contributed by atoms with Gasteiger partial charge in [-0.2, -0.15) is 0 Å². The zero-order chi connectivity index (χ0) is 22.1. The lowest BCUT2D eigenvalue weighted by Crippen LogP contribution is -2.46. The summed E-state index contributed by atoms with van der Waals surface area (Å²) in [5.74, 6) is 1.12. The van der Waals surface area contributed by atoms with Crippen LogP contribution in [0.25, 0.3) is 0 Å². The molecule has 0 aromatic heterocycles. The number of hydrogen-bond acceptors (Lipinski definition) is 3. The minimum absolute atomic E-state index is 0.841. The van der Waals surface area contributed by atoms with Gasteiger partial charge in [0.15, 0.2) is 0 Å². The van der Waals surface area contributed by atoms with E-state index in [1.165, 1.54) is 51.1 Å². The summed E-state index contributed by atoms with van der Waals surface area (Å²) in [5.41, 5.74) is 1.38. The summed E-state index contributed by atoms with van der Waals surface area (Å²) in [6, 6.07) is 0. The van der Waals surface area contributed by atoms with Gasteiger partial charge >= 0.3 is 0 Å². The summed E-state index contributed by atoms with van der Waals surface area (Å²) in [5, 5.41) is 0. The van der Waals surface area contributed by atoms with Crippen molar-refractivity contribution in [2.75, 3.05) is 45.9 Å². The van der Waals surface area contributed by atoms with E-state index in [1.807, 2.05) is 41.5 Å². The average Bonchev–Trinajstić information content (AvgIpc) is 2.73. The van der Waals surface area contributed by atoms with E-state index in [9.17, 15) is 0 Å². The molecule has 0 saturated carbocycles. The molecule has 1 saturated heterocycles. The lowest BCUT2D eigenvalue weighted by Gasteiger charge is -2.34. The number of ether oxygens (including phenoxy) is 1. The first-order valence-electron chi connectivity index (χ1n) is 11.8. The summed E-state index contributed by atoms with van der Waals surface area (Å²) in [4.78, 5) is 5.11. The van der Waals surface area contributed by atoms with E-state index in [-0.39, 0.29) is 0 Å². The van der Waals surface area contributed by atoms with Crippen molar-refractivity contribution in [1.82, 2.24) is 9.80 Å². The van der Waals surface area contributed by atoms with E-state index in [2.05, 4.69) is 51.3 Å². The van der Waals surface area contributed by atoms with Crippen molar-refractivity contribution in [3.8, 4) is 0 Å². The van der Waals surface area contributed by atoms with Crippen LogP contribution in [0, 0.1) is 0 Å². The van der Waals surface area contributed by atoms with E-state index in [0.29, 0.717) is 0 Å².